The smallest absolute Gasteiger partial charge is 0.222 e. The summed E-state index contributed by atoms with van der Waals surface area (Å²) in [6.45, 7) is 7.64. The van der Waals surface area contributed by atoms with Crippen molar-refractivity contribution in [3.8, 4) is 0 Å². The van der Waals surface area contributed by atoms with Crippen LogP contribution in [-0.4, -0.2) is 58.8 Å². The predicted octanol–water partition coefficient (Wildman–Crippen LogP) is 0.845. The van der Waals surface area contributed by atoms with E-state index in [-0.39, 0.29) is 11.5 Å². The summed E-state index contributed by atoms with van der Waals surface area (Å²) < 4.78 is 0. The van der Waals surface area contributed by atoms with Gasteiger partial charge in [0.15, 0.2) is 0 Å². The molecule has 6 nitrogen and oxygen atoms in total. The van der Waals surface area contributed by atoms with Crippen molar-refractivity contribution in [2.45, 2.75) is 38.8 Å². The zero-order valence-corrected chi connectivity index (χ0v) is 13.4. The van der Waals surface area contributed by atoms with E-state index < -0.39 is 0 Å². The summed E-state index contributed by atoms with van der Waals surface area (Å²) in [6, 6.07) is 0. The van der Waals surface area contributed by atoms with Crippen LogP contribution in [-0.2, 0) is 6.54 Å². The Bertz CT molecular complexity index is 476. The van der Waals surface area contributed by atoms with Gasteiger partial charge in [0.25, 0.3) is 0 Å². The van der Waals surface area contributed by atoms with Crippen molar-refractivity contribution in [2.75, 3.05) is 38.0 Å². The molecule has 22 heavy (non-hydrogen) atoms. The minimum Gasteiger partial charge on any atom is -0.392 e. The van der Waals surface area contributed by atoms with Crippen LogP contribution >= 0.6 is 0 Å². The van der Waals surface area contributed by atoms with Crippen molar-refractivity contribution < 1.29 is 5.11 Å². The molecule has 2 atom stereocenters. The molecule has 122 valence electrons. The fraction of sp³-hybridized carbons (Fsp3) is 0.750. The first-order valence-electron chi connectivity index (χ1n) is 8.38. The minimum atomic E-state index is -0.177. The molecule has 0 bridgehead atoms. The second-order valence-corrected chi connectivity index (χ2v) is 6.60. The molecule has 0 aromatic carbocycles. The number of piperidine rings is 2. The van der Waals surface area contributed by atoms with Gasteiger partial charge >= 0.3 is 0 Å². The number of anilines is 1. The van der Waals surface area contributed by atoms with Gasteiger partial charge in [-0.3, -0.25) is 4.90 Å². The number of aliphatic hydroxyl groups is 1. The van der Waals surface area contributed by atoms with Gasteiger partial charge in [0.1, 0.15) is 0 Å². The number of nitrogens with zero attached hydrogens (tertiary/aromatic N) is 3. The molecule has 0 aliphatic carbocycles. The van der Waals surface area contributed by atoms with E-state index in [2.05, 4.69) is 25.5 Å². The molecule has 6 heteroatoms. The molecule has 1 aromatic heterocycles. The van der Waals surface area contributed by atoms with Crippen molar-refractivity contribution in [3.63, 3.8) is 0 Å². The van der Waals surface area contributed by atoms with E-state index in [1.165, 1.54) is 0 Å². The highest BCUT2D eigenvalue weighted by Gasteiger charge is 2.42. The van der Waals surface area contributed by atoms with Crippen molar-refractivity contribution >= 4 is 5.95 Å². The Hall–Kier alpha value is -1.24. The van der Waals surface area contributed by atoms with Crippen LogP contribution in [0.5, 0.6) is 0 Å². The molecule has 2 fully saturated rings. The Balaban J connectivity index is 1.62. The van der Waals surface area contributed by atoms with Crippen LogP contribution in [0, 0.1) is 5.41 Å². The third-order valence-electron chi connectivity index (χ3n) is 4.91. The average molecular weight is 305 g/mol. The van der Waals surface area contributed by atoms with E-state index in [0.29, 0.717) is 5.95 Å². The van der Waals surface area contributed by atoms with Crippen molar-refractivity contribution in [3.05, 3.63) is 18.0 Å². The van der Waals surface area contributed by atoms with E-state index in [0.717, 1.165) is 64.1 Å². The molecule has 3 N–H and O–H groups in total. The Labute approximate surface area is 132 Å². The van der Waals surface area contributed by atoms with Gasteiger partial charge in [-0.25, -0.2) is 9.97 Å². The predicted molar refractivity (Wildman–Crippen MR) is 86.6 cm³/mol. The second-order valence-electron chi connectivity index (χ2n) is 6.60. The van der Waals surface area contributed by atoms with Gasteiger partial charge in [-0.2, -0.15) is 0 Å². The maximum Gasteiger partial charge on any atom is 0.222 e. The summed E-state index contributed by atoms with van der Waals surface area (Å²) in [4.78, 5) is 11.1. The molecule has 2 aliphatic heterocycles. The van der Waals surface area contributed by atoms with Crippen LogP contribution in [0.2, 0.25) is 0 Å². The zero-order valence-electron chi connectivity index (χ0n) is 13.4. The number of aliphatic hydroxyl groups excluding tert-OH is 1. The van der Waals surface area contributed by atoms with Crippen LogP contribution in [0.4, 0.5) is 5.95 Å². The Morgan fingerprint density at radius 2 is 2.27 bits per heavy atom. The number of likely N-dealkylation sites (tertiary alicyclic amines) is 1. The van der Waals surface area contributed by atoms with Crippen molar-refractivity contribution in [2.24, 2.45) is 5.41 Å². The summed E-state index contributed by atoms with van der Waals surface area (Å²) in [5.74, 6) is 0.688. The molecule has 3 rings (SSSR count). The Morgan fingerprint density at radius 3 is 3.00 bits per heavy atom. The molecule has 2 saturated heterocycles. The lowest BCUT2D eigenvalue weighted by Gasteiger charge is -2.48. The van der Waals surface area contributed by atoms with Gasteiger partial charge in [-0.1, -0.05) is 0 Å². The fourth-order valence-corrected chi connectivity index (χ4v) is 3.75. The standard InChI is InChI=1S/C16H27N5O/c1-2-18-15-19-8-13(9-20-15)10-21-7-3-5-16(12-21)11-17-6-4-14(16)22/h8-9,14,17,22H,2-7,10-12H2,1H3,(H,18,19,20)/t14-,16-/m0/s1. The topological polar surface area (TPSA) is 73.3 Å². The Kier molecular flexibility index (Phi) is 4.90. The van der Waals surface area contributed by atoms with E-state index in [1.807, 2.05) is 19.3 Å². The number of nitrogens with one attached hydrogen (secondary N) is 2. The number of aromatic nitrogens is 2. The first-order valence-corrected chi connectivity index (χ1v) is 8.38. The second kappa shape index (κ2) is 6.89. The molecule has 3 heterocycles. The van der Waals surface area contributed by atoms with Gasteiger partial charge in [0, 0.05) is 49.6 Å². The van der Waals surface area contributed by atoms with E-state index in [9.17, 15) is 5.11 Å². The van der Waals surface area contributed by atoms with Gasteiger partial charge < -0.3 is 15.7 Å². The van der Waals surface area contributed by atoms with Gasteiger partial charge in [-0.15, -0.1) is 0 Å². The van der Waals surface area contributed by atoms with Crippen molar-refractivity contribution in [1.29, 1.82) is 0 Å². The normalized spacial score (nSPS) is 29.6. The maximum atomic E-state index is 10.5. The number of hydrogen-bond donors (Lipinski definition) is 3. The van der Waals surface area contributed by atoms with Gasteiger partial charge in [0.05, 0.1) is 6.10 Å². The van der Waals surface area contributed by atoms with Crippen LogP contribution in [0.25, 0.3) is 0 Å². The highest BCUT2D eigenvalue weighted by atomic mass is 16.3. The SMILES string of the molecule is CCNc1ncc(CN2CCC[C@]3(CNCC[C@@H]3O)C2)cn1. The molecule has 2 aliphatic rings. The summed E-state index contributed by atoms with van der Waals surface area (Å²) in [5.41, 5.74) is 1.16. The minimum absolute atomic E-state index is 0.0288. The molecule has 0 saturated carbocycles. The van der Waals surface area contributed by atoms with Crippen molar-refractivity contribution in [1.82, 2.24) is 20.2 Å². The van der Waals surface area contributed by atoms with E-state index in [1.54, 1.807) is 0 Å². The van der Waals surface area contributed by atoms with Gasteiger partial charge in [-0.05, 0) is 39.3 Å². The first kappa shape index (κ1) is 15.6. The fourth-order valence-electron chi connectivity index (χ4n) is 3.75. The number of rotatable bonds is 4. The lowest BCUT2D eigenvalue weighted by Crippen LogP contribution is -2.57. The largest absolute Gasteiger partial charge is 0.392 e. The van der Waals surface area contributed by atoms with Gasteiger partial charge in [0.2, 0.25) is 5.95 Å². The zero-order chi connectivity index (χ0) is 15.4. The monoisotopic (exact) mass is 305 g/mol. The average Bonchev–Trinajstić information content (AvgIpc) is 2.53. The number of hydrogen-bond acceptors (Lipinski definition) is 6. The molecule has 0 radical (unpaired) electrons. The van der Waals surface area contributed by atoms with E-state index in [4.69, 9.17) is 0 Å². The summed E-state index contributed by atoms with van der Waals surface area (Å²) in [6.07, 6.45) is 6.77. The lowest BCUT2D eigenvalue weighted by atomic mass is 9.72. The van der Waals surface area contributed by atoms with E-state index >= 15 is 0 Å². The summed E-state index contributed by atoms with van der Waals surface area (Å²) in [7, 11) is 0. The third-order valence-corrected chi connectivity index (χ3v) is 4.91. The quantitative estimate of drug-likeness (QED) is 0.766. The highest BCUT2D eigenvalue weighted by molar-refractivity contribution is 5.24. The molecule has 1 aromatic rings. The Morgan fingerprint density at radius 1 is 1.45 bits per heavy atom. The van der Waals surface area contributed by atoms with Crippen LogP contribution in [0.15, 0.2) is 12.4 Å². The van der Waals surface area contributed by atoms with Crippen LogP contribution in [0.3, 0.4) is 0 Å². The van der Waals surface area contributed by atoms with Crippen LogP contribution in [0.1, 0.15) is 31.7 Å². The molecule has 0 amide bonds. The molecular weight excluding hydrogens is 278 g/mol. The summed E-state index contributed by atoms with van der Waals surface area (Å²) in [5, 5.41) is 17.0. The van der Waals surface area contributed by atoms with Crippen LogP contribution < -0.4 is 10.6 Å². The third kappa shape index (κ3) is 3.39. The highest BCUT2D eigenvalue weighted by Crippen LogP contribution is 2.36. The first-order chi connectivity index (χ1) is 10.7. The maximum absolute atomic E-state index is 10.5. The molecule has 0 unspecified atom stereocenters. The summed E-state index contributed by atoms with van der Waals surface area (Å²) >= 11 is 0. The molecular formula is C16H27N5O. The molecule has 1 spiro atoms. The lowest BCUT2D eigenvalue weighted by molar-refractivity contribution is -0.0514.